The molecule has 0 saturated heterocycles. The highest BCUT2D eigenvalue weighted by molar-refractivity contribution is 14.1. The van der Waals surface area contributed by atoms with E-state index in [0.717, 1.165) is 35.3 Å². The van der Waals surface area contributed by atoms with E-state index < -0.39 is 12.0 Å². The third-order valence-electron chi connectivity index (χ3n) is 6.78. The van der Waals surface area contributed by atoms with Gasteiger partial charge in [-0.2, -0.15) is 0 Å². The summed E-state index contributed by atoms with van der Waals surface area (Å²) in [5.74, 6) is 0.367. The van der Waals surface area contributed by atoms with Crippen molar-refractivity contribution in [1.82, 2.24) is 4.57 Å². The molecule has 42 heavy (non-hydrogen) atoms. The number of allylic oxidation sites excluding steroid dienone is 1. The number of hydrogen-bond donors (Lipinski definition) is 0. The Labute approximate surface area is 275 Å². The van der Waals surface area contributed by atoms with E-state index in [1.165, 1.54) is 11.3 Å². The van der Waals surface area contributed by atoms with Gasteiger partial charge in [-0.3, -0.25) is 9.36 Å². The fourth-order valence-electron chi connectivity index (χ4n) is 4.74. The van der Waals surface area contributed by atoms with Crippen LogP contribution in [0.3, 0.4) is 0 Å². The predicted octanol–water partition coefficient (Wildman–Crippen LogP) is 5.65. The minimum Gasteiger partial charge on any atom is -0.488 e. The van der Waals surface area contributed by atoms with Crippen LogP contribution >= 0.6 is 56.5 Å². The second kappa shape index (κ2) is 13.1. The van der Waals surface area contributed by atoms with Gasteiger partial charge in [-0.1, -0.05) is 41.7 Å². The number of hydrogen-bond acceptors (Lipinski definition) is 7. The normalized spacial score (nSPS) is 14.8. The molecule has 0 amide bonds. The molecule has 0 aliphatic carbocycles. The third-order valence-corrected chi connectivity index (χ3v) is 9.28. The van der Waals surface area contributed by atoms with E-state index in [9.17, 15) is 9.59 Å². The second-order valence-electron chi connectivity index (χ2n) is 9.90. The summed E-state index contributed by atoms with van der Waals surface area (Å²) in [5.41, 5.74) is 4.42. The molecule has 10 heteroatoms. The fourth-order valence-corrected chi connectivity index (χ4v) is 7.54. The van der Waals surface area contributed by atoms with E-state index in [2.05, 4.69) is 56.2 Å². The van der Waals surface area contributed by atoms with Crippen LogP contribution in [0, 0.1) is 7.14 Å². The van der Waals surface area contributed by atoms with Crippen LogP contribution in [0.5, 0.6) is 5.75 Å². The monoisotopic (exact) mass is 805 g/mol. The molecule has 3 aromatic carbocycles. The number of thiazole rings is 1. The summed E-state index contributed by atoms with van der Waals surface area (Å²) < 4.78 is 15.8. The molecule has 5 rings (SSSR count). The Hall–Kier alpha value is -2.97. The average molecular weight is 805 g/mol. The van der Waals surface area contributed by atoms with Gasteiger partial charge < -0.3 is 14.4 Å². The Morgan fingerprint density at radius 2 is 1.86 bits per heavy atom. The quantitative estimate of drug-likeness (QED) is 0.170. The number of fused-ring (bicyclic) bond motifs is 1. The summed E-state index contributed by atoms with van der Waals surface area (Å²) in [6.45, 7) is 4.20. The van der Waals surface area contributed by atoms with E-state index in [1.807, 2.05) is 85.7 Å². The van der Waals surface area contributed by atoms with Crippen LogP contribution < -0.4 is 24.5 Å². The van der Waals surface area contributed by atoms with Crippen LogP contribution in [0.15, 0.2) is 87.8 Å². The maximum Gasteiger partial charge on any atom is 0.338 e. The molecule has 4 aromatic rings. The van der Waals surface area contributed by atoms with Crippen LogP contribution in [0.4, 0.5) is 5.69 Å². The first kappa shape index (κ1) is 30.5. The number of anilines is 1. The average Bonchev–Trinajstić information content (AvgIpc) is 3.26. The topological polar surface area (TPSA) is 73.1 Å². The molecular formula is C32H29I2N3O4S. The zero-order chi connectivity index (χ0) is 30.0. The van der Waals surface area contributed by atoms with Gasteiger partial charge in [0.2, 0.25) is 0 Å². The largest absolute Gasteiger partial charge is 0.488 e. The molecular weight excluding hydrogens is 776 g/mol. The number of benzene rings is 3. The third kappa shape index (κ3) is 6.50. The van der Waals surface area contributed by atoms with Gasteiger partial charge in [0.1, 0.15) is 12.4 Å². The predicted molar refractivity (Wildman–Crippen MR) is 184 cm³/mol. The number of halogens is 2. The Morgan fingerprint density at radius 3 is 2.55 bits per heavy atom. The van der Waals surface area contributed by atoms with Gasteiger partial charge in [0.25, 0.3) is 5.56 Å². The van der Waals surface area contributed by atoms with E-state index in [4.69, 9.17) is 9.47 Å². The SMILES string of the molecule is CCOC(=O)C1=C(C)N=c2s/c(=C\c3cccc(COc4ccc(I)cc4I)c3)c(=O)n2[C@@H]1c1ccc(N(C)C)cc1. The lowest BCUT2D eigenvalue weighted by Crippen LogP contribution is -2.39. The first-order valence-corrected chi connectivity index (χ1v) is 16.3. The summed E-state index contributed by atoms with van der Waals surface area (Å²) in [4.78, 5) is 34.3. The molecule has 1 aliphatic heterocycles. The van der Waals surface area contributed by atoms with Gasteiger partial charge in [-0.15, -0.1) is 0 Å². The summed E-state index contributed by atoms with van der Waals surface area (Å²) >= 11 is 5.88. The highest BCUT2D eigenvalue weighted by Crippen LogP contribution is 2.31. The Kier molecular flexibility index (Phi) is 9.53. The van der Waals surface area contributed by atoms with Crippen molar-refractivity contribution in [1.29, 1.82) is 0 Å². The van der Waals surface area contributed by atoms with Gasteiger partial charge in [0.05, 0.1) is 32.0 Å². The Bertz CT molecular complexity index is 1860. The van der Waals surface area contributed by atoms with Crippen molar-refractivity contribution in [2.45, 2.75) is 26.5 Å². The minimum atomic E-state index is -0.644. The zero-order valence-electron chi connectivity index (χ0n) is 23.6. The summed E-state index contributed by atoms with van der Waals surface area (Å²) in [7, 11) is 3.94. The van der Waals surface area contributed by atoms with Crippen LogP contribution in [0.1, 0.15) is 36.6 Å². The maximum atomic E-state index is 13.9. The molecule has 0 N–H and O–H groups in total. The highest BCUT2D eigenvalue weighted by atomic mass is 127. The smallest absolute Gasteiger partial charge is 0.338 e. The number of aromatic nitrogens is 1. The van der Waals surface area contributed by atoms with Crippen molar-refractivity contribution in [2.75, 3.05) is 25.6 Å². The Balaban J connectivity index is 1.53. The van der Waals surface area contributed by atoms with Crippen molar-refractivity contribution >= 4 is 74.3 Å². The number of ether oxygens (including phenoxy) is 2. The van der Waals surface area contributed by atoms with E-state index in [-0.39, 0.29) is 12.2 Å². The first-order chi connectivity index (χ1) is 20.2. The van der Waals surface area contributed by atoms with Gasteiger partial charge in [0.15, 0.2) is 4.80 Å². The van der Waals surface area contributed by atoms with Crippen molar-refractivity contribution in [3.63, 3.8) is 0 Å². The summed E-state index contributed by atoms with van der Waals surface area (Å²) in [6.07, 6.45) is 1.87. The lowest BCUT2D eigenvalue weighted by Gasteiger charge is -2.25. The van der Waals surface area contributed by atoms with Crippen molar-refractivity contribution in [2.24, 2.45) is 4.99 Å². The standard InChI is InChI=1S/C32H29I2N3O4S/c1-5-40-31(39)28-19(2)35-32-37(29(28)22-9-12-24(13-10-22)36(3)4)30(38)27(42-32)16-20-7-6-8-21(15-20)18-41-26-14-11-23(33)17-25(26)34/h6-17,29H,5,18H2,1-4H3/b27-16-/t29-/m1/s1. The Morgan fingerprint density at radius 1 is 1.10 bits per heavy atom. The number of nitrogens with zero attached hydrogens (tertiary/aromatic N) is 3. The van der Waals surface area contributed by atoms with Gasteiger partial charge in [0, 0.05) is 23.4 Å². The number of carbonyl (C=O) groups excluding carboxylic acids is 1. The molecule has 216 valence electrons. The van der Waals surface area contributed by atoms with Gasteiger partial charge >= 0.3 is 5.97 Å². The molecule has 1 atom stereocenters. The van der Waals surface area contributed by atoms with Crippen LogP contribution in [-0.2, 0) is 16.1 Å². The second-order valence-corrected chi connectivity index (χ2v) is 13.3. The molecule has 2 heterocycles. The highest BCUT2D eigenvalue weighted by Gasteiger charge is 2.33. The number of carbonyl (C=O) groups is 1. The van der Waals surface area contributed by atoms with Crippen molar-refractivity contribution in [3.05, 3.63) is 122 Å². The first-order valence-electron chi connectivity index (χ1n) is 13.3. The van der Waals surface area contributed by atoms with E-state index in [0.29, 0.717) is 27.2 Å². The molecule has 1 aromatic heterocycles. The molecule has 0 spiro atoms. The molecule has 0 fully saturated rings. The molecule has 0 bridgehead atoms. The van der Waals surface area contributed by atoms with Crippen LogP contribution in [0.2, 0.25) is 0 Å². The molecule has 0 saturated carbocycles. The number of esters is 1. The molecule has 7 nitrogen and oxygen atoms in total. The lowest BCUT2D eigenvalue weighted by atomic mass is 9.95. The lowest BCUT2D eigenvalue weighted by molar-refractivity contribution is -0.139. The fraction of sp³-hybridized carbons (Fsp3) is 0.219. The van der Waals surface area contributed by atoms with Crippen LogP contribution in [0.25, 0.3) is 6.08 Å². The minimum absolute atomic E-state index is 0.204. The maximum absolute atomic E-state index is 13.9. The molecule has 0 unspecified atom stereocenters. The number of rotatable bonds is 8. The van der Waals surface area contributed by atoms with E-state index in [1.54, 1.807) is 18.4 Å². The van der Waals surface area contributed by atoms with Crippen molar-refractivity contribution in [3.8, 4) is 5.75 Å². The molecule has 0 radical (unpaired) electrons. The zero-order valence-corrected chi connectivity index (χ0v) is 28.7. The van der Waals surface area contributed by atoms with Gasteiger partial charge in [-0.25, -0.2) is 9.79 Å². The summed E-state index contributed by atoms with van der Waals surface area (Å²) in [6, 6.07) is 21.2. The van der Waals surface area contributed by atoms with Crippen LogP contribution in [-0.4, -0.2) is 31.2 Å². The van der Waals surface area contributed by atoms with Crippen molar-refractivity contribution < 1.29 is 14.3 Å². The molecule has 1 aliphatic rings. The summed E-state index contributed by atoms with van der Waals surface area (Å²) in [5, 5.41) is 0. The van der Waals surface area contributed by atoms with E-state index >= 15 is 0 Å². The van der Waals surface area contributed by atoms with Gasteiger partial charge in [-0.05, 0) is 118 Å².